The third kappa shape index (κ3) is 4.87. The van der Waals surface area contributed by atoms with E-state index in [1.165, 1.54) is 0 Å². The molecule has 0 amide bonds. The molecule has 0 aliphatic carbocycles. The number of aliphatic hydroxyl groups is 1. The molecule has 1 aromatic rings. The Bertz CT molecular complexity index is 362. The van der Waals surface area contributed by atoms with E-state index in [9.17, 15) is 9.90 Å². The van der Waals surface area contributed by atoms with Gasteiger partial charge >= 0.3 is 5.97 Å². The summed E-state index contributed by atoms with van der Waals surface area (Å²) in [6, 6.07) is 6.69. The molecule has 1 aromatic carbocycles. The van der Waals surface area contributed by atoms with Gasteiger partial charge in [-0.15, -0.1) is 0 Å². The van der Waals surface area contributed by atoms with Gasteiger partial charge in [0.15, 0.2) is 0 Å². The van der Waals surface area contributed by atoms with Crippen LogP contribution in [-0.4, -0.2) is 30.4 Å². The van der Waals surface area contributed by atoms with Crippen molar-refractivity contribution in [1.82, 2.24) is 0 Å². The standard InChI is InChI=1S/C13H18O4/c1-13(2,15)8-9-17-12(14)10-4-6-11(16-3)7-5-10/h4-7,15H,8-9H2,1-3H3. The molecule has 0 aliphatic heterocycles. The highest BCUT2D eigenvalue weighted by atomic mass is 16.5. The average molecular weight is 238 g/mol. The van der Waals surface area contributed by atoms with Crippen LogP contribution in [0.4, 0.5) is 0 Å². The summed E-state index contributed by atoms with van der Waals surface area (Å²) < 4.78 is 10.0. The van der Waals surface area contributed by atoms with Crippen LogP contribution >= 0.6 is 0 Å². The van der Waals surface area contributed by atoms with Gasteiger partial charge in [0, 0.05) is 6.42 Å². The highest BCUT2D eigenvalue weighted by Gasteiger charge is 2.14. The zero-order chi connectivity index (χ0) is 12.9. The van der Waals surface area contributed by atoms with Crippen molar-refractivity contribution in [2.24, 2.45) is 0 Å². The summed E-state index contributed by atoms with van der Waals surface area (Å²) in [5, 5.41) is 9.46. The molecule has 0 saturated carbocycles. The zero-order valence-corrected chi connectivity index (χ0v) is 10.4. The number of rotatable bonds is 5. The first kappa shape index (κ1) is 13.5. The van der Waals surface area contributed by atoms with E-state index in [4.69, 9.17) is 9.47 Å². The Morgan fingerprint density at radius 3 is 2.35 bits per heavy atom. The lowest BCUT2D eigenvalue weighted by Gasteiger charge is -2.16. The number of hydrogen-bond donors (Lipinski definition) is 1. The Morgan fingerprint density at radius 1 is 1.29 bits per heavy atom. The first-order valence-electron chi connectivity index (χ1n) is 5.46. The molecule has 0 atom stereocenters. The molecule has 0 spiro atoms. The Hall–Kier alpha value is -1.55. The van der Waals surface area contributed by atoms with Crippen molar-refractivity contribution in [3.8, 4) is 5.75 Å². The van der Waals surface area contributed by atoms with Crippen LogP contribution in [0.1, 0.15) is 30.6 Å². The van der Waals surface area contributed by atoms with Crippen LogP contribution in [0.2, 0.25) is 0 Å². The van der Waals surface area contributed by atoms with Crippen molar-refractivity contribution in [2.75, 3.05) is 13.7 Å². The highest BCUT2D eigenvalue weighted by molar-refractivity contribution is 5.89. The van der Waals surface area contributed by atoms with Gasteiger partial charge in [-0.2, -0.15) is 0 Å². The van der Waals surface area contributed by atoms with E-state index in [1.54, 1.807) is 45.2 Å². The van der Waals surface area contributed by atoms with Gasteiger partial charge in [-0.25, -0.2) is 4.79 Å². The predicted molar refractivity (Wildman–Crippen MR) is 64.2 cm³/mol. The van der Waals surface area contributed by atoms with E-state index in [0.29, 0.717) is 17.7 Å². The maximum Gasteiger partial charge on any atom is 0.338 e. The minimum absolute atomic E-state index is 0.203. The Balaban J connectivity index is 2.47. The number of ether oxygens (including phenoxy) is 2. The maximum atomic E-state index is 11.6. The zero-order valence-electron chi connectivity index (χ0n) is 10.4. The lowest BCUT2D eigenvalue weighted by molar-refractivity contribution is 0.0244. The lowest BCUT2D eigenvalue weighted by Crippen LogP contribution is -2.22. The molecule has 0 unspecified atom stereocenters. The molecule has 0 heterocycles. The summed E-state index contributed by atoms with van der Waals surface area (Å²) in [4.78, 5) is 11.6. The van der Waals surface area contributed by atoms with E-state index in [2.05, 4.69) is 0 Å². The second-order valence-corrected chi connectivity index (χ2v) is 4.43. The fourth-order valence-electron chi connectivity index (χ4n) is 1.20. The molecule has 0 aromatic heterocycles. The second kappa shape index (κ2) is 5.68. The molecule has 0 fully saturated rings. The topological polar surface area (TPSA) is 55.8 Å². The molecule has 1 N–H and O–H groups in total. The second-order valence-electron chi connectivity index (χ2n) is 4.43. The molecule has 0 aliphatic rings. The molecule has 4 heteroatoms. The quantitative estimate of drug-likeness (QED) is 0.797. The minimum Gasteiger partial charge on any atom is -0.497 e. The maximum absolute atomic E-state index is 11.6. The SMILES string of the molecule is COc1ccc(C(=O)OCCC(C)(C)O)cc1. The lowest BCUT2D eigenvalue weighted by atomic mass is 10.1. The third-order valence-corrected chi connectivity index (χ3v) is 2.27. The summed E-state index contributed by atoms with van der Waals surface area (Å²) in [7, 11) is 1.57. The van der Waals surface area contributed by atoms with Crippen molar-refractivity contribution in [2.45, 2.75) is 25.9 Å². The van der Waals surface area contributed by atoms with E-state index in [0.717, 1.165) is 0 Å². The summed E-state index contributed by atoms with van der Waals surface area (Å²) in [5.74, 6) is 0.301. The number of carbonyl (C=O) groups is 1. The van der Waals surface area contributed by atoms with Gasteiger partial charge in [0.2, 0.25) is 0 Å². The molecule has 0 radical (unpaired) electrons. The smallest absolute Gasteiger partial charge is 0.338 e. The van der Waals surface area contributed by atoms with E-state index in [-0.39, 0.29) is 6.61 Å². The number of hydrogen-bond acceptors (Lipinski definition) is 4. The van der Waals surface area contributed by atoms with Crippen molar-refractivity contribution in [3.05, 3.63) is 29.8 Å². The van der Waals surface area contributed by atoms with Crippen molar-refractivity contribution in [1.29, 1.82) is 0 Å². The number of carbonyl (C=O) groups excluding carboxylic acids is 1. The van der Waals surface area contributed by atoms with Crippen molar-refractivity contribution < 1.29 is 19.4 Å². The van der Waals surface area contributed by atoms with Gasteiger partial charge in [-0.1, -0.05) is 0 Å². The third-order valence-electron chi connectivity index (χ3n) is 2.27. The Labute approximate surface area is 101 Å². The largest absolute Gasteiger partial charge is 0.497 e. The highest BCUT2D eigenvalue weighted by Crippen LogP contribution is 2.13. The van der Waals surface area contributed by atoms with Gasteiger partial charge < -0.3 is 14.6 Å². The summed E-state index contributed by atoms with van der Waals surface area (Å²) in [6.45, 7) is 3.55. The van der Waals surface area contributed by atoms with E-state index in [1.807, 2.05) is 0 Å². The fraction of sp³-hybridized carbons (Fsp3) is 0.462. The van der Waals surface area contributed by atoms with Gasteiger partial charge in [-0.3, -0.25) is 0 Å². The predicted octanol–water partition coefficient (Wildman–Crippen LogP) is 2.01. The first-order valence-corrected chi connectivity index (χ1v) is 5.46. The fourth-order valence-corrected chi connectivity index (χ4v) is 1.20. The average Bonchev–Trinajstić information content (AvgIpc) is 2.27. The summed E-state index contributed by atoms with van der Waals surface area (Å²) in [6.07, 6.45) is 0.412. The number of benzene rings is 1. The van der Waals surface area contributed by atoms with E-state index >= 15 is 0 Å². The van der Waals surface area contributed by atoms with Crippen LogP contribution in [0.25, 0.3) is 0 Å². The number of esters is 1. The normalized spacial score (nSPS) is 11.1. The first-order chi connectivity index (χ1) is 7.92. The molecule has 94 valence electrons. The van der Waals surface area contributed by atoms with Gasteiger partial charge in [-0.05, 0) is 38.1 Å². The van der Waals surface area contributed by atoms with Gasteiger partial charge in [0.25, 0.3) is 0 Å². The van der Waals surface area contributed by atoms with Crippen LogP contribution in [0.3, 0.4) is 0 Å². The van der Waals surface area contributed by atoms with Crippen LogP contribution < -0.4 is 4.74 Å². The molecular weight excluding hydrogens is 220 g/mol. The van der Waals surface area contributed by atoms with Crippen LogP contribution in [0.15, 0.2) is 24.3 Å². The Kier molecular flexibility index (Phi) is 4.52. The van der Waals surface area contributed by atoms with Gasteiger partial charge in [0.05, 0.1) is 24.9 Å². The summed E-state index contributed by atoms with van der Waals surface area (Å²) in [5.41, 5.74) is -0.346. The van der Waals surface area contributed by atoms with Crippen LogP contribution in [0, 0.1) is 0 Å². The van der Waals surface area contributed by atoms with E-state index < -0.39 is 11.6 Å². The van der Waals surface area contributed by atoms with Crippen molar-refractivity contribution >= 4 is 5.97 Å². The summed E-state index contributed by atoms with van der Waals surface area (Å²) >= 11 is 0. The molecule has 17 heavy (non-hydrogen) atoms. The molecule has 0 bridgehead atoms. The minimum atomic E-state index is -0.819. The van der Waals surface area contributed by atoms with Crippen LogP contribution in [-0.2, 0) is 4.74 Å². The molecule has 0 saturated heterocycles. The molecule has 1 rings (SSSR count). The van der Waals surface area contributed by atoms with Gasteiger partial charge in [0.1, 0.15) is 5.75 Å². The Morgan fingerprint density at radius 2 is 1.88 bits per heavy atom. The number of methoxy groups -OCH3 is 1. The van der Waals surface area contributed by atoms with Crippen LogP contribution in [0.5, 0.6) is 5.75 Å². The molecule has 4 nitrogen and oxygen atoms in total. The monoisotopic (exact) mass is 238 g/mol. The van der Waals surface area contributed by atoms with Crippen molar-refractivity contribution in [3.63, 3.8) is 0 Å². The molecular formula is C13H18O4.